The van der Waals surface area contributed by atoms with E-state index in [1.165, 1.54) is 0 Å². The van der Waals surface area contributed by atoms with Gasteiger partial charge in [-0.05, 0) is 18.2 Å². The van der Waals surface area contributed by atoms with E-state index in [1.807, 2.05) is 0 Å². The zero-order valence-corrected chi connectivity index (χ0v) is 8.75. The Balaban J connectivity index is 1.87. The Hall–Kier alpha value is -1.26. The van der Waals surface area contributed by atoms with Gasteiger partial charge in [0.05, 0.1) is 0 Å². The van der Waals surface area contributed by atoms with Gasteiger partial charge in [-0.2, -0.15) is 0 Å². The summed E-state index contributed by atoms with van der Waals surface area (Å²) in [6, 6.07) is 6.94. The van der Waals surface area contributed by atoms with E-state index < -0.39 is 6.09 Å². The van der Waals surface area contributed by atoms with Crippen molar-refractivity contribution < 1.29 is 9.53 Å². The van der Waals surface area contributed by atoms with E-state index in [0.29, 0.717) is 10.7 Å². The zero-order valence-electron chi connectivity index (χ0n) is 8.00. The number of hydrogen-bond acceptors (Lipinski definition) is 3. The zero-order chi connectivity index (χ0) is 10.7. The average Bonchev–Trinajstić information content (AvgIpc) is 2.11. The molecule has 1 saturated heterocycles. The molecular weight excluding hydrogens is 216 g/mol. The van der Waals surface area contributed by atoms with Gasteiger partial charge in [0.25, 0.3) is 0 Å². The molecule has 15 heavy (non-hydrogen) atoms. The second-order valence-electron chi connectivity index (χ2n) is 3.32. The molecule has 0 atom stereocenters. The van der Waals surface area contributed by atoms with E-state index in [4.69, 9.17) is 16.3 Å². The number of halogens is 1. The molecule has 2 rings (SSSR count). The third-order valence-electron chi connectivity index (χ3n) is 2.09. The fraction of sp³-hybridized carbons (Fsp3) is 0.300. The number of carbonyl (C=O) groups excluding carboxylic acids is 1. The second kappa shape index (κ2) is 4.51. The Labute approximate surface area is 92.6 Å². The third kappa shape index (κ3) is 2.84. The molecule has 1 amide bonds. The van der Waals surface area contributed by atoms with Crippen molar-refractivity contribution >= 4 is 23.4 Å². The van der Waals surface area contributed by atoms with E-state index in [9.17, 15) is 4.79 Å². The highest BCUT2D eigenvalue weighted by atomic mass is 35.5. The van der Waals surface area contributed by atoms with Gasteiger partial charge in [0.2, 0.25) is 0 Å². The fourth-order valence-corrected chi connectivity index (χ4v) is 1.40. The molecule has 2 N–H and O–H groups in total. The summed E-state index contributed by atoms with van der Waals surface area (Å²) in [5.41, 5.74) is 0.639. The Bertz CT molecular complexity index is 366. The number of amides is 1. The van der Waals surface area contributed by atoms with Crippen LogP contribution >= 0.6 is 11.6 Å². The molecular formula is C10H11ClN2O2. The van der Waals surface area contributed by atoms with Gasteiger partial charge in [0.1, 0.15) is 6.10 Å². The van der Waals surface area contributed by atoms with E-state index in [2.05, 4.69) is 10.6 Å². The molecule has 1 aliphatic heterocycles. The monoisotopic (exact) mass is 226 g/mol. The molecule has 1 fully saturated rings. The summed E-state index contributed by atoms with van der Waals surface area (Å²) in [5.74, 6) is 0. The maximum absolute atomic E-state index is 11.3. The fourth-order valence-electron chi connectivity index (χ4n) is 1.21. The largest absolute Gasteiger partial charge is 0.443 e. The van der Waals surface area contributed by atoms with Crippen LogP contribution in [0.4, 0.5) is 10.5 Å². The minimum Gasteiger partial charge on any atom is -0.443 e. The van der Waals surface area contributed by atoms with Crippen LogP contribution in [-0.4, -0.2) is 25.3 Å². The van der Waals surface area contributed by atoms with Crippen molar-refractivity contribution in [2.24, 2.45) is 0 Å². The van der Waals surface area contributed by atoms with E-state index in [-0.39, 0.29) is 6.10 Å². The lowest BCUT2D eigenvalue weighted by Crippen LogP contribution is -2.49. The molecule has 0 unspecified atom stereocenters. The van der Waals surface area contributed by atoms with Crippen LogP contribution in [0.3, 0.4) is 0 Å². The molecule has 1 aromatic rings. The molecule has 5 heteroatoms. The Morgan fingerprint density at radius 1 is 1.53 bits per heavy atom. The first kappa shape index (κ1) is 10.3. The highest BCUT2D eigenvalue weighted by Gasteiger charge is 2.20. The van der Waals surface area contributed by atoms with Crippen LogP contribution in [0, 0.1) is 0 Å². The standard InChI is InChI=1S/C10H11ClN2O2/c11-7-2-1-3-8(4-7)13-10(14)15-9-5-12-6-9/h1-4,9,12H,5-6H2,(H,13,14). The van der Waals surface area contributed by atoms with Crippen LogP contribution in [-0.2, 0) is 4.74 Å². The number of carbonyl (C=O) groups is 1. The molecule has 4 nitrogen and oxygen atoms in total. The number of hydrogen-bond donors (Lipinski definition) is 2. The molecule has 1 heterocycles. The summed E-state index contributed by atoms with van der Waals surface area (Å²) in [5, 5.41) is 6.20. The lowest BCUT2D eigenvalue weighted by Gasteiger charge is -2.26. The number of ether oxygens (including phenoxy) is 1. The Morgan fingerprint density at radius 2 is 2.33 bits per heavy atom. The van der Waals surface area contributed by atoms with Crippen LogP contribution in [0.15, 0.2) is 24.3 Å². The van der Waals surface area contributed by atoms with Gasteiger partial charge < -0.3 is 10.1 Å². The van der Waals surface area contributed by atoms with E-state index in [1.54, 1.807) is 24.3 Å². The number of rotatable bonds is 2. The molecule has 0 spiro atoms. The summed E-state index contributed by atoms with van der Waals surface area (Å²) in [7, 11) is 0. The maximum atomic E-state index is 11.3. The van der Waals surface area contributed by atoms with Gasteiger partial charge in [-0.15, -0.1) is 0 Å². The Morgan fingerprint density at radius 3 is 2.93 bits per heavy atom. The third-order valence-corrected chi connectivity index (χ3v) is 2.32. The highest BCUT2D eigenvalue weighted by Crippen LogP contribution is 2.15. The predicted molar refractivity (Wildman–Crippen MR) is 58.2 cm³/mol. The highest BCUT2D eigenvalue weighted by molar-refractivity contribution is 6.30. The van der Waals surface area contributed by atoms with Crippen molar-refractivity contribution in [1.82, 2.24) is 5.32 Å². The lowest BCUT2D eigenvalue weighted by atomic mass is 10.2. The van der Waals surface area contributed by atoms with Gasteiger partial charge in [-0.1, -0.05) is 17.7 Å². The van der Waals surface area contributed by atoms with Crippen molar-refractivity contribution in [3.63, 3.8) is 0 Å². The topological polar surface area (TPSA) is 50.4 Å². The van der Waals surface area contributed by atoms with Crippen molar-refractivity contribution in [3.8, 4) is 0 Å². The number of anilines is 1. The molecule has 0 aromatic heterocycles. The summed E-state index contributed by atoms with van der Waals surface area (Å²) in [4.78, 5) is 11.3. The van der Waals surface area contributed by atoms with E-state index in [0.717, 1.165) is 13.1 Å². The normalized spacial score (nSPS) is 15.5. The molecule has 0 aliphatic carbocycles. The second-order valence-corrected chi connectivity index (χ2v) is 3.76. The minimum absolute atomic E-state index is 0.0100. The summed E-state index contributed by atoms with van der Waals surface area (Å²) < 4.78 is 5.07. The molecule has 0 radical (unpaired) electrons. The predicted octanol–water partition coefficient (Wildman–Crippen LogP) is 1.86. The summed E-state index contributed by atoms with van der Waals surface area (Å²) in [6.45, 7) is 1.45. The van der Waals surface area contributed by atoms with Crippen LogP contribution < -0.4 is 10.6 Å². The lowest BCUT2D eigenvalue weighted by molar-refractivity contribution is 0.0778. The quantitative estimate of drug-likeness (QED) is 0.810. The van der Waals surface area contributed by atoms with E-state index >= 15 is 0 Å². The first-order valence-corrected chi connectivity index (χ1v) is 5.06. The SMILES string of the molecule is O=C(Nc1cccc(Cl)c1)OC1CNC1. The van der Waals surface area contributed by atoms with Gasteiger partial charge in [0, 0.05) is 23.8 Å². The Kier molecular flexibility index (Phi) is 3.08. The molecule has 1 aliphatic rings. The van der Waals surface area contributed by atoms with Gasteiger partial charge in [-0.3, -0.25) is 5.32 Å². The van der Waals surface area contributed by atoms with Crippen LogP contribution in [0.2, 0.25) is 5.02 Å². The van der Waals surface area contributed by atoms with Crippen LogP contribution in [0.1, 0.15) is 0 Å². The van der Waals surface area contributed by atoms with Crippen molar-refractivity contribution in [2.45, 2.75) is 6.10 Å². The summed E-state index contributed by atoms with van der Waals surface area (Å²) >= 11 is 5.77. The van der Waals surface area contributed by atoms with Gasteiger partial charge in [-0.25, -0.2) is 4.79 Å². The molecule has 80 valence electrons. The van der Waals surface area contributed by atoms with Crippen LogP contribution in [0.5, 0.6) is 0 Å². The van der Waals surface area contributed by atoms with Gasteiger partial charge >= 0.3 is 6.09 Å². The molecule has 0 saturated carbocycles. The molecule has 0 bridgehead atoms. The number of nitrogens with one attached hydrogen (secondary N) is 2. The van der Waals surface area contributed by atoms with Crippen molar-refractivity contribution in [3.05, 3.63) is 29.3 Å². The van der Waals surface area contributed by atoms with Crippen LogP contribution in [0.25, 0.3) is 0 Å². The van der Waals surface area contributed by atoms with Crippen molar-refractivity contribution in [2.75, 3.05) is 18.4 Å². The smallest absolute Gasteiger partial charge is 0.411 e. The first-order chi connectivity index (χ1) is 7.24. The van der Waals surface area contributed by atoms with Crippen molar-refractivity contribution in [1.29, 1.82) is 0 Å². The maximum Gasteiger partial charge on any atom is 0.411 e. The molecule has 1 aromatic carbocycles. The summed E-state index contributed by atoms with van der Waals surface area (Å²) in [6.07, 6.45) is -0.451. The average molecular weight is 227 g/mol. The van der Waals surface area contributed by atoms with Gasteiger partial charge in [0.15, 0.2) is 0 Å². The first-order valence-electron chi connectivity index (χ1n) is 4.68. The number of benzene rings is 1. The minimum atomic E-state index is -0.441.